The summed E-state index contributed by atoms with van der Waals surface area (Å²) in [5.41, 5.74) is 2.66. The molecule has 2 aliphatic heterocycles. The Morgan fingerprint density at radius 3 is 2.52 bits per heavy atom. The summed E-state index contributed by atoms with van der Waals surface area (Å²) in [6.45, 7) is 7.14. The number of hydrogen-bond acceptors (Lipinski definition) is 6. The van der Waals surface area contributed by atoms with Gasteiger partial charge in [-0.2, -0.15) is 0 Å². The van der Waals surface area contributed by atoms with Gasteiger partial charge >= 0.3 is 0 Å². The Morgan fingerprint density at radius 2 is 1.88 bits per heavy atom. The van der Waals surface area contributed by atoms with Crippen molar-refractivity contribution in [3.63, 3.8) is 0 Å². The first-order valence-corrected chi connectivity index (χ1v) is 13.9. The number of aromatic nitrogens is 2. The van der Waals surface area contributed by atoms with E-state index < -0.39 is 0 Å². The summed E-state index contributed by atoms with van der Waals surface area (Å²) in [6, 6.07) is 7.09. The Kier molecular flexibility index (Phi) is 9.92. The van der Waals surface area contributed by atoms with Crippen molar-refractivity contribution in [3.05, 3.63) is 53.3 Å². The molecule has 2 saturated heterocycles. The predicted octanol–water partition coefficient (Wildman–Crippen LogP) is 3.94. The number of aryl methyl sites for hydroxylation is 1. The number of nitrogens with zero attached hydrogens (tertiary/aromatic N) is 3. The molecule has 0 bridgehead atoms. The SMILES string of the molecule is CC(C)c1cc(C(=O)N2CCC(N3CCC(NC(=O)CCc4c[nH]c5ccc(F)cc45)CC3)CC2)on1.O=CO. The van der Waals surface area contributed by atoms with Gasteiger partial charge in [0.25, 0.3) is 12.4 Å². The van der Waals surface area contributed by atoms with E-state index >= 15 is 0 Å². The largest absolute Gasteiger partial charge is 0.483 e. The highest BCUT2D eigenvalue weighted by atomic mass is 19.1. The molecule has 2 fully saturated rings. The van der Waals surface area contributed by atoms with Gasteiger partial charge in [0.1, 0.15) is 5.82 Å². The van der Waals surface area contributed by atoms with Gasteiger partial charge in [-0.05, 0) is 61.8 Å². The van der Waals surface area contributed by atoms with Crippen molar-refractivity contribution in [2.75, 3.05) is 26.2 Å². The second-order valence-electron chi connectivity index (χ2n) is 10.8. The number of likely N-dealkylation sites (tertiary alicyclic amines) is 2. The molecule has 0 saturated carbocycles. The third-order valence-corrected chi connectivity index (χ3v) is 7.84. The minimum Gasteiger partial charge on any atom is -0.483 e. The monoisotopic (exact) mass is 555 g/mol. The minimum atomic E-state index is -0.267. The fourth-order valence-electron chi connectivity index (χ4n) is 5.57. The van der Waals surface area contributed by atoms with Crippen LogP contribution in [0.2, 0.25) is 0 Å². The second kappa shape index (κ2) is 13.6. The highest BCUT2D eigenvalue weighted by Crippen LogP contribution is 2.24. The van der Waals surface area contributed by atoms with Crippen molar-refractivity contribution < 1.29 is 28.4 Å². The molecule has 5 rings (SSSR count). The summed E-state index contributed by atoms with van der Waals surface area (Å²) >= 11 is 0. The van der Waals surface area contributed by atoms with Crippen molar-refractivity contribution in [1.29, 1.82) is 0 Å². The van der Waals surface area contributed by atoms with Crippen LogP contribution in [0.3, 0.4) is 0 Å². The maximum Gasteiger partial charge on any atom is 0.292 e. The molecule has 2 aliphatic rings. The molecule has 0 radical (unpaired) electrons. The molecule has 0 spiro atoms. The van der Waals surface area contributed by atoms with Gasteiger partial charge in [-0.25, -0.2) is 4.39 Å². The number of fused-ring (bicyclic) bond motifs is 1. The highest BCUT2D eigenvalue weighted by molar-refractivity contribution is 5.91. The van der Waals surface area contributed by atoms with Crippen LogP contribution in [-0.2, 0) is 16.0 Å². The number of carboxylic acid groups (broad SMARTS) is 1. The van der Waals surface area contributed by atoms with Crippen molar-refractivity contribution in [1.82, 2.24) is 25.3 Å². The second-order valence-corrected chi connectivity index (χ2v) is 10.8. The summed E-state index contributed by atoms with van der Waals surface area (Å²) in [5, 5.41) is 14.9. The molecular formula is C29H38FN5O5. The Morgan fingerprint density at radius 1 is 1.18 bits per heavy atom. The van der Waals surface area contributed by atoms with Crippen LogP contribution in [0.4, 0.5) is 4.39 Å². The van der Waals surface area contributed by atoms with Crippen LogP contribution in [0, 0.1) is 5.82 Å². The van der Waals surface area contributed by atoms with E-state index in [2.05, 4.69) is 20.4 Å². The number of piperidine rings is 2. The van der Waals surface area contributed by atoms with E-state index in [1.54, 1.807) is 12.1 Å². The van der Waals surface area contributed by atoms with E-state index in [-0.39, 0.29) is 36.1 Å². The summed E-state index contributed by atoms with van der Waals surface area (Å²) in [5.74, 6) is 0.266. The summed E-state index contributed by atoms with van der Waals surface area (Å²) < 4.78 is 18.9. The van der Waals surface area contributed by atoms with Crippen LogP contribution < -0.4 is 5.32 Å². The Bertz CT molecular complexity index is 1290. The average Bonchev–Trinajstić information content (AvgIpc) is 3.60. The van der Waals surface area contributed by atoms with Gasteiger partial charge < -0.3 is 29.7 Å². The number of hydrogen-bond donors (Lipinski definition) is 3. The van der Waals surface area contributed by atoms with Crippen LogP contribution in [-0.4, -0.2) is 81.6 Å². The van der Waals surface area contributed by atoms with Crippen molar-refractivity contribution >= 4 is 29.2 Å². The normalized spacial score (nSPS) is 17.1. The Labute approximate surface area is 232 Å². The van der Waals surface area contributed by atoms with Crippen LogP contribution in [0.15, 0.2) is 35.0 Å². The summed E-state index contributed by atoms with van der Waals surface area (Å²) in [7, 11) is 0. The smallest absolute Gasteiger partial charge is 0.292 e. The molecule has 11 heteroatoms. The number of amides is 2. The van der Waals surface area contributed by atoms with Gasteiger partial charge in [0.2, 0.25) is 11.7 Å². The van der Waals surface area contributed by atoms with Gasteiger partial charge in [-0.3, -0.25) is 14.4 Å². The van der Waals surface area contributed by atoms with Gasteiger partial charge in [-0.1, -0.05) is 19.0 Å². The Balaban J connectivity index is 0.00000118. The standard InChI is InChI=1S/C28H36FN5O3.CH2O2/c1-18(2)25-16-26(37-32-25)28(36)34-13-9-22(10-14-34)33-11-7-21(8-12-33)31-27(35)6-3-19-17-30-24-5-4-20(29)15-23(19)24;2-1-3/h4-5,15-18,21-22,30H,3,6-14H2,1-2H3,(H,31,35);1H,(H,2,3). The number of H-pyrrole nitrogens is 1. The lowest BCUT2D eigenvalue weighted by molar-refractivity contribution is -0.123. The zero-order chi connectivity index (χ0) is 28.6. The Hall–Kier alpha value is -3.73. The summed E-state index contributed by atoms with van der Waals surface area (Å²) in [4.78, 5) is 41.3. The van der Waals surface area contributed by atoms with Crippen LogP contribution in [0.1, 0.15) is 73.7 Å². The number of halogens is 1. The number of rotatable bonds is 7. The van der Waals surface area contributed by atoms with Crippen LogP contribution in [0.25, 0.3) is 10.9 Å². The summed E-state index contributed by atoms with van der Waals surface area (Å²) in [6.07, 6.45) is 6.58. The number of benzene rings is 1. The molecule has 2 amide bonds. The molecular weight excluding hydrogens is 517 g/mol. The number of carbonyl (C=O) groups is 3. The first-order chi connectivity index (χ1) is 19.3. The van der Waals surface area contributed by atoms with Crippen LogP contribution >= 0.6 is 0 Å². The zero-order valence-corrected chi connectivity index (χ0v) is 23.1. The first kappa shape index (κ1) is 29.3. The molecule has 4 heterocycles. The van der Waals surface area contributed by atoms with Gasteiger partial charge in [-0.15, -0.1) is 0 Å². The molecule has 216 valence electrons. The van der Waals surface area contributed by atoms with Crippen molar-refractivity contribution in [2.45, 2.75) is 70.4 Å². The lowest BCUT2D eigenvalue weighted by atomic mass is 9.97. The fraction of sp³-hybridized carbons (Fsp3) is 0.517. The fourth-order valence-corrected chi connectivity index (χ4v) is 5.57. The minimum absolute atomic E-state index is 0.0454. The van der Waals surface area contributed by atoms with Crippen LogP contribution in [0.5, 0.6) is 0 Å². The van der Waals surface area contributed by atoms with Gasteiger partial charge in [0.15, 0.2) is 0 Å². The third-order valence-electron chi connectivity index (χ3n) is 7.84. The zero-order valence-electron chi connectivity index (χ0n) is 23.1. The molecule has 0 aliphatic carbocycles. The number of carbonyl (C=O) groups excluding carboxylic acids is 2. The van der Waals surface area contributed by atoms with Gasteiger partial charge in [0.05, 0.1) is 5.69 Å². The van der Waals surface area contributed by atoms with Crippen molar-refractivity contribution in [2.24, 2.45) is 0 Å². The van der Waals surface area contributed by atoms with E-state index in [0.29, 0.717) is 24.6 Å². The molecule has 0 atom stereocenters. The maximum absolute atomic E-state index is 13.6. The molecule has 10 nitrogen and oxygen atoms in total. The predicted molar refractivity (Wildman–Crippen MR) is 148 cm³/mol. The first-order valence-electron chi connectivity index (χ1n) is 13.9. The average molecular weight is 556 g/mol. The third kappa shape index (κ3) is 7.26. The van der Waals surface area contributed by atoms with Crippen molar-refractivity contribution in [3.8, 4) is 0 Å². The van der Waals surface area contributed by atoms with E-state index in [9.17, 15) is 14.0 Å². The molecule has 3 aromatic rings. The highest BCUT2D eigenvalue weighted by Gasteiger charge is 2.31. The van der Waals surface area contributed by atoms with E-state index in [0.717, 1.165) is 74.0 Å². The maximum atomic E-state index is 13.6. The molecule has 3 N–H and O–H groups in total. The molecule has 1 aromatic carbocycles. The van der Waals surface area contributed by atoms with E-state index in [1.807, 2.05) is 24.9 Å². The molecule has 0 unspecified atom stereocenters. The van der Waals surface area contributed by atoms with E-state index in [4.69, 9.17) is 14.4 Å². The molecule has 2 aromatic heterocycles. The van der Waals surface area contributed by atoms with E-state index in [1.165, 1.54) is 12.1 Å². The topological polar surface area (TPSA) is 132 Å². The number of nitrogens with one attached hydrogen (secondary N) is 2. The molecule has 40 heavy (non-hydrogen) atoms. The number of aromatic amines is 1. The lowest BCUT2D eigenvalue weighted by Crippen LogP contribution is -2.51. The lowest BCUT2D eigenvalue weighted by Gasteiger charge is -2.41. The van der Waals surface area contributed by atoms with Gasteiger partial charge in [0, 0.05) is 67.8 Å². The quantitative estimate of drug-likeness (QED) is 0.376.